The van der Waals surface area contributed by atoms with E-state index in [1.54, 1.807) is 42.5 Å². The molecule has 1 aromatic rings. The highest BCUT2D eigenvalue weighted by molar-refractivity contribution is 6.21. The van der Waals surface area contributed by atoms with Gasteiger partial charge >= 0.3 is 0 Å². The summed E-state index contributed by atoms with van der Waals surface area (Å²) in [4.78, 5) is 25.6. The van der Waals surface area contributed by atoms with Crippen molar-refractivity contribution >= 4 is 11.8 Å². The maximum absolute atomic E-state index is 12.2. The number of rotatable bonds is 4. The van der Waals surface area contributed by atoms with Gasteiger partial charge in [-0.25, -0.2) is 0 Å². The Bertz CT molecular complexity index is 642. The predicted molar refractivity (Wildman–Crippen MR) is 80.4 cm³/mol. The second-order valence-electron chi connectivity index (χ2n) is 5.56. The molecule has 0 aromatic heterocycles. The van der Waals surface area contributed by atoms with Gasteiger partial charge in [-0.2, -0.15) is 0 Å². The van der Waals surface area contributed by atoms with E-state index in [9.17, 15) is 19.8 Å². The molecule has 0 saturated carbocycles. The van der Waals surface area contributed by atoms with Crippen LogP contribution in [0.4, 0.5) is 0 Å². The van der Waals surface area contributed by atoms with E-state index in [0.717, 1.165) is 0 Å². The highest BCUT2D eigenvalue weighted by Gasteiger charge is 2.35. The zero-order valence-electron chi connectivity index (χ0n) is 12.0. The molecule has 2 aliphatic rings. The standard InChI is InChI=1S/C17H17NO4/c19-12-5-3-4-11(10-12)15(20)8-9-18-16(21)13-6-1-2-7-14(13)17(18)22/h1-3,5-7,10-11,15,19-20H,4,8-9H2/t11?,15-/m1/s1. The monoisotopic (exact) mass is 299 g/mol. The minimum absolute atomic E-state index is 0.135. The summed E-state index contributed by atoms with van der Waals surface area (Å²) in [6.07, 6.45) is 5.20. The number of aliphatic hydroxyl groups excluding tert-OH is 2. The molecule has 1 aliphatic carbocycles. The molecule has 22 heavy (non-hydrogen) atoms. The molecule has 5 heteroatoms. The Morgan fingerprint density at radius 1 is 1.18 bits per heavy atom. The van der Waals surface area contributed by atoms with Crippen molar-refractivity contribution in [2.75, 3.05) is 6.54 Å². The van der Waals surface area contributed by atoms with Gasteiger partial charge in [-0.1, -0.05) is 18.2 Å². The van der Waals surface area contributed by atoms with E-state index >= 15 is 0 Å². The van der Waals surface area contributed by atoms with Gasteiger partial charge in [-0.05, 0) is 37.1 Å². The van der Waals surface area contributed by atoms with Crippen molar-refractivity contribution in [2.45, 2.75) is 18.9 Å². The zero-order chi connectivity index (χ0) is 15.7. The molecule has 1 aromatic carbocycles. The number of imide groups is 1. The van der Waals surface area contributed by atoms with Crippen LogP contribution in [0, 0.1) is 5.92 Å². The quantitative estimate of drug-likeness (QED) is 0.834. The number of hydrogen-bond donors (Lipinski definition) is 2. The minimum Gasteiger partial charge on any atom is -0.508 e. The molecule has 1 aliphatic heterocycles. The fraction of sp³-hybridized carbons (Fsp3) is 0.294. The maximum Gasteiger partial charge on any atom is 0.261 e. The van der Waals surface area contributed by atoms with Crippen molar-refractivity contribution in [1.29, 1.82) is 0 Å². The molecule has 2 atom stereocenters. The third kappa shape index (κ3) is 2.55. The summed E-state index contributed by atoms with van der Waals surface area (Å²) in [6, 6.07) is 6.73. The van der Waals surface area contributed by atoms with E-state index in [4.69, 9.17) is 0 Å². The van der Waals surface area contributed by atoms with Crippen LogP contribution in [0.15, 0.2) is 48.3 Å². The second kappa shape index (κ2) is 5.77. The molecule has 3 rings (SSSR count). The van der Waals surface area contributed by atoms with Crippen LogP contribution in [0.1, 0.15) is 33.6 Å². The summed E-state index contributed by atoms with van der Waals surface area (Å²) in [7, 11) is 0. The first-order valence-corrected chi connectivity index (χ1v) is 7.28. The van der Waals surface area contributed by atoms with Gasteiger partial charge in [0.25, 0.3) is 11.8 Å². The predicted octanol–water partition coefficient (Wildman–Crippen LogP) is 2.05. The summed E-state index contributed by atoms with van der Waals surface area (Å²) in [5.41, 5.74) is 0.834. The molecule has 0 saturated heterocycles. The van der Waals surface area contributed by atoms with Gasteiger partial charge < -0.3 is 10.2 Å². The van der Waals surface area contributed by atoms with Crippen molar-refractivity contribution in [3.05, 3.63) is 59.4 Å². The van der Waals surface area contributed by atoms with E-state index in [1.807, 2.05) is 0 Å². The molecule has 0 bridgehead atoms. The Hall–Kier alpha value is -2.40. The number of nitrogens with zero attached hydrogens (tertiary/aromatic N) is 1. The lowest BCUT2D eigenvalue weighted by Gasteiger charge is -2.23. The van der Waals surface area contributed by atoms with Gasteiger partial charge in [0.15, 0.2) is 0 Å². The van der Waals surface area contributed by atoms with Crippen LogP contribution in [0.25, 0.3) is 0 Å². The lowest BCUT2D eigenvalue weighted by molar-refractivity contribution is 0.0596. The maximum atomic E-state index is 12.2. The third-order valence-corrected chi connectivity index (χ3v) is 4.10. The molecule has 0 fully saturated rings. The van der Waals surface area contributed by atoms with Crippen LogP contribution in [0.2, 0.25) is 0 Å². The molecular formula is C17H17NO4. The minimum atomic E-state index is -0.712. The molecule has 114 valence electrons. The third-order valence-electron chi connectivity index (χ3n) is 4.10. The van der Waals surface area contributed by atoms with E-state index in [0.29, 0.717) is 17.5 Å². The Morgan fingerprint density at radius 2 is 1.82 bits per heavy atom. The van der Waals surface area contributed by atoms with Gasteiger partial charge in [0.2, 0.25) is 0 Å². The van der Waals surface area contributed by atoms with Crippen molar-refractivity contribution in [2.24, 2.45) is 5.92 Å². The van der Waals surface area contributed by atoms with Gasteiger partial charge in [0.05, 0.1) is 17.2 Å². The lowest BCUT2D eigenvalue weighted by Crippen LogP contribution is -2.34. The van der Waals surface area contributed by atoms with Gasteiger partial charge in [0.1, 0.15) is 5.76 Å². The molecule has 2 amide bonds. The number of carbonyl (C=O) groups is 2. The zero-order valence-corrected chi connectivity index (χ0v) is 12.0. The van der Waals surface area contributed by atoms with Crippen LogP contribution in [-0.4, -0.2) is 39.6 Å². The Labute approximate surface area is 128 Å². The van der Waals surface area contributed by atoms with Crippen molar-refractivity contribution in [1.82, 2.24) is 4.90 Å². The first-order valence-electron chi connectivity index (χ1n) is 7.28. The molecule has 2 N–H and O–H groups in total. The SMILES string of the molecule is O=C1c2ccccc2C(=O)N1CC[C@@H](O)C1C=C(O)C=CC1. The largest absolute Gasteiger partial charge is 0.508 e. The molecular weight excluding hydrogens is 282 g/mol. The number of amides is 2. The Kier molecular flexibility index (Phi) is 3.81. The number of allylic oxidation sites excluding steroid dienone is 2. The smallest absolute Gasteiger partial charge is 0.261 e. The van der Waals surface area contributed by atoms with Gasteiger partial charge in [-0.15, -0.1) is 0 Å². The van der Waals surface area contributed by atoms with Crippen LogP contribution in [0.5, 0.6) is 0 Å². The van der Waals surface area contributed by atoms with E-state index in [-0.39, 0.29) is 36.5 Å². The second-order valence-corrected chi connectivity index (χ2v) is 5.56. The summed E-state index contributed by atoms with van der Waals surface area (Å²) in [5, 5.41) is 19.7. The lowest BCUT2D eigenvalue weighted by atomic mass is 9.92. The number of fused-ring (bicyclic) bond motifs is 1. The highest BCUT2D eigenvalue weighted by Crippen LogP contribution is 2.25. The van der Waals surface area contributed by atoms with E-state index < -0.39 is 6.10 Å². The summed E-state index contributed by atoms with van der Waals surface area (Å²) >= 11 is 0. The molecule has 0 spiro atoms. The number of hydrogen-bond acceptors (Lipinski definition) is 4. The summed E-state index contributed by atoms with van der Waals surface area (Å²) in [6.45, 7) is 0.169. The Morgan fingerprint density at radius 3 is 2.41 bits per heavy atom. The molecule has 5 nitrogen and oxygen atoms in total. The van der Waals surface area contributed by atoms with Crippen LogP contribution in [0.3, 0.4) is 0 Å². The van der Waals surface area contributed by atoms with Crippen LogP contribution in [-0.2, 0) is 0 Å². The molecule has 1 heterocycles. The average Bonchev–Trinajstić information content (AvgIpc) is 2.77. The van der Waals surface area contributed by atoms with Crippen molar-refractivity contribution < 1.29 is 19.8 Å². The number of carbonyl (C=O) groups excluding carboxylic acids is 2. The summed E-state index contributed by atoms with van der Waals surface area (Å²) < 4.78 is 0. The average molecular weight is 299 g/mol. The number of benzene rings is 1. The van der Waals surface area contributed by atoms with E-state index in [1.165, 1.54) is 4.90 Å². The Balaban J connectivity index is 1.64. The van der Waals surface area contributed by atoms with Gasteiger partial charge in [0, 0.05) is 12.5 Å². The van der Waals surface area contributed by atoms with Gasteiger partial charge in [-0.3, -0.25) is 14.5 Å². The summed E-state index contributed by atoms with van der Waals surface area (Å²) in [5.74, 6) is -0.680. The van der Waals surface area contributed by atoms with Crippen molar-refractivity contribution in [3.8, 4) is 0 Å². The topological polar surface area (TPSA) is 77.8 Å². The van der Waals surface area contributed by atoms with E-state index in [2.05, 4.69) is 0 Å². The number of aliphatic hydroxyl groups is 2. The highest BCUT2D eigenvalue weighted by atomic mass is 16.3. The first kappa shape index (κ1) is 14.5. The molecule has 1 unspecified atom stereocenters. The van der Waals surface area contributed by atoms with Crippen LogP contribution < -0.4 is 0 Å². The van der Waals surface area contributed by atoms with Crippen molar-refractivity contribution in [3.63, 3.8) is 0 Å². The normalized spacial score (nSPS) is 21.8. The fourth-order valence-corrected chi connectivity index (χ4v) is 2.87. The van der Waals surface area contributed by atoms with Crippen LogP contribution >= 0.6 is 0 Å². The first-order chi connectivity index (χ1) is 10.6. The molecule has 0 radical (unpaired) electrons. The fourth-order valence-electron chi connectivity index (χ4n) is 2.87.